The number of rotatable bonds is 7. The van der Waals surface area contributed by atoms with Crippen molar-refractivity contribution >= 4 is 87.9 Å². The number of nitrogens with zero attached hydrogens (tertiary/aromatic N) is 2. The van der Waals surface area contributed by atoms with Crippen LogP contribution in [0.2, 0.25) is 20.1 Å². The van der Waals surface area contributed by atoms with Gasteiger partial charge in [-0.05, 0) is 90.0 Å². The standard InChI is InChI=1S/C42H19Cl4F6N2O4S2/c43-22-13-23(44)15-26(14-22)60(57,58)37-18-53-42-28(6-7-29(45)41(42)52)40(37)20-2-10-35(30(46)11-20)54-19-38(59(55,56)25-4-9-32(49)34(51)17-25)39(21-1-8-31(48)33(50)12-21)27-5-3-24(47)16-36(27)54/h1-19H/q+1. The second kappa shape index (κ2) is 15.4. The number of hydrogen-bond donors (Lipinski definition) is 0. The summed E-state index contributed by atoms with van der Waals surface area (Å²) in [4.78, 5) is 1.99. The van der Waals surface area contributed by atoms with Crippen LogP contribution >= 0.6 is 46.4 Å². The van der Waals surface area contributed by atoms with Gasteiger partial charge in [-0.2, -0.15) is 4.57 Å². The Bertz CT molecular complexity index is 3370. The van der Waals surface area contributed by atoms with Crippen molar-refractivity contribution in [1.82, 2.24) is 4.98 Å². The lowest BCUT2D eigenvalue weighted by Crippen LogP contribution is -2.33. The zero-order valence-corrected chi connectivity index (χ0v) is 34.2. The van der Waals surface area contributed by atoms with Gasteiger partial charge in [0.15, 0.2) is 35.3 Å². The summed E-state index contributed by atoms with van der Waals surface area (Å²) in [7, 11) is -9.40. The fraction of sp³-hybridized carbons (Fsp3) is 0. The van der Waals surface area contributed by atoms with Crippen molar-refractivity contribution in [2.75, 3.05) is 0 Å². The molecule has 60 heavy (non-hydrogen) atoms. The van der Waals surface area contributed by atoms with E-state index in [0.717, 1.165) is 65.5 Å². The highest BCUT2D eigenvalue weighted by Gasteiger charge is 2.33. The maximum Gasteiger partial charge on any atom is 0.229 e. The Hall–Kier alpha value is -5.22. The molecule has 0 amide bonds. The molecule has 2 heterocycles. The summed E-state index contributed by atoms with van der Waals surface area (Å²) >= 11 is 25.3. The Morgan fingerprint density at radius 3 is 1.78 bits per heavy atom. The number of fused-ring (bicyclic) bond motifs is 2. The SMILES string of the molecule is O=S(=O)(c1cc(Cl)cc(Cl)c1)c1cnc2c(F)c(Cl)ccc2c1-c1ccc(-[n+]2cc(S(=O)(=O)c3ccc(F)c(F)c3)c(-c3ccc(F)c(F)c3)c3ccc(F)cc32)c(Cl)c1. The van der Waals surface area contributed by atoms with Gasteiger partial charge in [-0.3, -0.25) is 4.98 Å². The maximum absolute atomic E-state index is 15.4. The Labute approximate surface area is 356 Å². The van der Waals surface area contributed by atoms with Gasteiger partial charge in [-0.25, -0.2) is 43.2 Å². The topological polar surface area (TPSA) is 85.1 Å². The molecule has 8 aromatic rings. The van der Waals surface area contributed by atoms with Crippen LogP contribution < -0.4 is 4.57 Å². The van der Waals surface area contributed by atoms with Gasteiger partial charge in [-0.1, -0.05) is 58.5 Å². The summed E-state index contributed by atoms with van der Waals surface area (Å²) in [6.45, 7) is 0. The van der Waals surface area contributed by atoms with Gasteiger partial charge in [0.25, 0.3) is 0 Å². The van der Waals surface area contributed by atoms with E-state index in [0.29, 0.717) is 12.1 Å². The van der Waals surface area contributed by atoms with E-state index in [2.05, 4.69) is 4.98 Å². The summed E-state index contributed by atoms with van der Waals surface area (Å²) in [6.07, 6.45) is 1.92. The van der Waals surface area contributed by atoms with Crippen LogP contribution in [0, 0.1) is 34.9 Å². The Morgan fingerprint density at radius 2 is 1.12 bits per heavy atom. The zero-order valence-electron chi connectivity index (χ0n) is 29.6. The molecule has 0 aliphatic heterocycles. The van der Waals surface area contributed by atoms with Gasteiger partial charge in [-0.15, -0.1) is 0 Å². The number of sulfone groups is 2. The van der Waals surface area contributed by atoms with E-state index in [-0.39, 0.29) is 74.7 Å². The van der Waals surface area contributed by atoms with Gasteiger partial charge >= 0.3 is 0 Å². The van der Waals surface area contributed by atoms with Crippen molar-refractivity contribution < 1.29 is 47.7 Å². The molecule has 2 aromatic heterocycles. The number of aromatic nitrogens is 2. The quantitative estimate of drug-likeness (QED) is 0.0903. The molecule has 18 heteroatoms. The minimum atomic E-state index is -4.88. The summed E-state index contributed by atoms with van der Waals surface area (Å²) in [5.41, 5.74) is -0.819. The van der Waals surface area contributed by atoms with E-state index in [1.807, 2.05) is 0 Å². The van der Waals surface area contributed by atoms with Crippen LogP contribution in [-0.4, -0.2) is 21.8 Å². The largest absolute Gasteiger partial charge is 0.252 e. The Balaban J connectivity index is 1.42. The van der Waals surface area contributed by atoms with E-state index in [1.54, 1.807) is 0 Å². The summed E-state index contributed by atoms with van der Waals surface area (Å²) in [5, 5.41) is -0.540. The van der Waals surface area contributed by atoms with Crippen LogP contribution in [0.3, 0.4) is 0 Å². The smallest absolute Gasteiger partial charge is 0.229 e. The molecular weight excluding hydrogens is 916 g/mol. The molecule has 0 unspecified atom stereocenters. The fourth-order valence-corrected chi connectivity index (χ4v) is 10.9. The first-order chi connectivity index (χ1) is 28.4. The first kappa shape index (κ1) is 41.5. The first-order valence-electron chi connectivity index (χ1n) is 17.0. The molecule has 0 saturated carbocycles. The molecule has 6 nitrogen and oxygen atoms in total. The van der Waals surface area contributed by atoms with Crippen molar-refractivity contribution in [2.45, 2.75) is 19.6 Å². The molecule has 0 saturated heterocycles. The molecule has 8 rings (SSSR count). The molecule has 0 fully saturated rings. The van der Waals surface area contributed by atoms with E-state index in [9.17, 15) is 34.4 Å². The van der Waals surface area contributed by atoms with Crippen molar-refractivity contribution in [3.05, 3.63) is 171 Å². The lowest BCUT2D eigenvalue weighted by atomic mass is 9.99. The van der Waals surface area contributed by atoms with Crippen LogP contribution in [0.25, 0.3) is 49.7 Å². The molecule has 0 aliphatic rings. The average Bonchev–Trinajstić information content (AvgIpc) is 3.20. The van der Waals surface area contributed by atoms with E-state index < -0.39 is 69.3 Å². The van der Waals surface area contributed by atoms with Gasteiger partial charge in [0, 0.05) is 44.9 Å². The minimum absolute atomic E-state index is 0.00353. The maximum atomic E-state index is 15.4. The first-order valence-corrected chi connectivity index (χ1v) is 21.5. The predicted octanol–water partition coefficient (Wildman–Crippen LogP) is 12.1. The van der Waals surface area contributed by atoms with Crippen LogP contribution in [-0.2, 0) is 19.7 Å². The third-order valence-corrected chi connectivity index (χ3v) is 14.0. The molecule has 0 bridgehead atoms. The van der Waals surface area contributed by atoms with Crippen LogP contribution in [0.5, 0.6) is 0 Å². The average molecular weight is 936 g/mol. The van der Waals surface area contributed by atoms with Gasteiger partial charge < -0.3 is 0 Å². The molecular formula is C42H19Cl4F6N2O4S2+. The van der Waals surface area contributed by atoms with Gasteiger partial charge in [0.05, 0.1) is 25.1 Å². The fourth-order valence-electron chi connectivity index (χ4n) is 6.78. The lowest BCUT2D eigenvalue weighted by molar-refractivity contribution is -0.569. The molecule has 0 N–H and O–H groups in total. The normalized spacial score (nSPS) is 12.1. The molecule has 0 spiro atoms. The summed E-state index contributed by atoms with van der Waals surface area (Å²) < 4.78 is 147. The van der Waals surface area contributed by atoms with Crippen molar-refractivity contribution in [3.63, 3.8) is 0 Å². The lowest BCUT2D eigenvalue weighted by Gasteiger charge is -2.16. The van der Waals surface area contributed by atoms with Gasteiger partial charge in [0.1, 0.15) is 21.3 Å². The number of benzene rings is 6. The van der Waals surface area contributed by atoms with Crippen molar-refractivity contribution in [2.24, 2.45) is 0 Å². The summed E-state index contributed by atoms with van der Waals surface area (Å²) in [6, 6.07) is 17.8. The monoisotopic (exact) mass is 933 g/mol. The highest BCUT2D eigenvalue weighted by Crippen LogP contribution is 2.42. The van der Waals surface area contributed by atoms with Crippen LogP contribution in [0.4, 0.5) is 26.3 Å². The van der Waals surface area contributed by atoms with Crippen LogP contribution in [0.1, 0.15) is 0 Å². The second-order valence-corrected chi connectivity index (χ2v) is 18.7. The van der Waals surface area contributed by atoms with Crippen LogP contribution in [0.15, 0.2) is 135 Å². The molecule has 0 atom stereocenters. The van der Waals surface area contributed by atoms with Crippen molar-refractivity contribution in [1.29, 1.82) is 0 Å². The summed E-state index contributed by atoms with van der Waals surface area (Å²) in [5.74, 6) is -7.20. The van der Waals surface area contributed by atoms with Crippen molar-refractivity contribution in [3.8, 4) is 27.9 Å². The second-order valence-electron chi connectivity index (χ2n) is 13.1. The molecule has 6 aromatic carbocycles. The zero-order chi connectivity index (χ0) is 43.0. The molecule has 302 valence electrons. The number of halogens is 10. The third-order valence-electron chi connectivity index (χ3n) is 9.51. The Kier molecular flexibility index (Phi) is 10.6. The number of hydrogen-bond acceptors (Lipinski definition) is 5. The number of pyridine rings is 2. The van der Waals surface area contributed by atoms with E-state index in [4.69, 9.17) is 46.4 Å². The Morgan fingerprint density at radius 1 is 0.517 bits per heavy atom. The third kappa shape index (κ3) is 7.14. The molecule has 0 aliphatic carbocycles. The minimum Gasteiger partial charge on any atom is -0.252 e. The van der Waals surface area contributed by atoms with E-state index in [1.165, 1.54) is 42.5 Å². The predicted molar refractivity (Wildman–Crippen MR) is 215 cm³/mol. The highest BCUT2D eigenvalue weighted by atomic mass is 35.5. The highest BCUT2D eigenvalue weighted by molar-refractivity contribution is 7.92. The van der Waals surface area contributed by atoms with E-state index >= 15 is 8.78 Å². The van der Waals surface area contributed by atoms with Gasteiger partial charge in [0.2, 0.25) is 30.9 Å². The molecule has 0 radical (unpaired) electrons.